The maximum Gasteiger partial charge on any atom is 0.333 e. The zero-order valence-electron chi connectivity index (χ0n) is 60.8. The number of carbonyl (C=O) groups excluding carboxylic acids is 10. The van der Waals surface area contributed by atoms with Crippen molar-refractivity contribution in [3.05, 3.63) is 122 Å². The molecule has 0 radical (unpaired) electrons. The number of carbonyl (C=O) groups is 10. The van der Waals surface area contributed by atoms with E-state index in [1.54, 1.807) is 69.2 Å². The molecule has 5 saturated carbocycles. The average Bonchev–Trinajstić information content (AvgIpc) is 3.13. The Hall–Kier alpha value is -7.90. The van der Waals surface area contributed by atoms with Crippen LogP contribution in [0.25, 0.3) is 0 Å². The first-order chi connectivity index (χ1) is 44.4. The van der Waals surface area contributed by atoms with Crippen LogP contribution >= 0.6 is 0 Å². The van der Waals surface area contributed by atoms with E-state index in [2.05, 4.69) is 89.5 Å². The summed E-state index contributed by atoms with van der Waals surface area (Å²) in [4.78, 5) is 106. The summed E-state index contributed by atoms with van der Waals surface area (Å²) in [6.45, 7) is 50.9. The molecular weight excluding hydrogens is 1220 g/mol. The standard InChI is InChI=1S/5C10H16O2.5C5H8O2/c5*1-8(2)10(11)12-9-6-4-3-5-7-9;5*1-4(2)5(6)7-3/h5*9H,1,3-7H2,2H3;5*1H2,2-3H3. The summed E-state index contributed by atoms with van der Waals surface area (Å²) in [7, 11) is 6.65. The minimum atomic E-state index is -0.347. The second kappa shape index (κ2) is 59.8. The molecule has 5 fully saturated rings. The van der Waals surface area contributed by atoms with E-state index in [9.17, 15) is 47.9 Å². The molecule has 20 nitrogen and oxygen atoms in total. The Bertz CT molecular complexity index is 2090. The Balaban J connectivity index is -0.000000319. The maximum atomic E-state index is 11.1. The lowest BCUT2D eigenvalue weighted by Gasteiger charge is -2.21. The summed E-state index contributed by atoms with van der Waals surface area (Å²) in [5, 5.41) is 0. The summed E-state index contributed by atoms with van der Waals surface area (Å²) in [6.07, 6.45) is 29.3. The van der Waals surface area contributed by atoms with E-state index in [1.807, 2.05) is 0 Å². The fourth-order valence-corrected chi connectivity index (χ4v) is 8.05. The van der Waals surface area contributed by atoms with Crippen LogP contribution in [0.5, 0.6) is 0 Å². The van der Waals surface area contributed by atoms with Gasteiger partial charge in [-0.3, -0.25) is 0 Å². The minimum absolute atomic E-state index is 0.156. The van der Waals surface area contributed by atoms with Crippen LogP contribution in [-0.2, 0) is 95.3 Å². The van der Waals surface area contributed by atoms with E-state index in [0.717, 1.165) is 64.2 Å². The number of esters is 10. The third kappa shape index (κ3) is 58.4. The zero-order chi connectivity index (χ0) is 74.2. The van der Waals surface area contributed by atoms with Gasteiger partial charge in [-0.05, 0) is 198 Å². The van der Waals surface area contributed by atoms with E-state index in [0.29, 0.717) is 55.7 Å². The number of hydrogen-bond donors (Lipinski definition) is 0. The second-order valence-electron chi connectivity index (χ2n) is 23.6. The lowest BCUT2D eigenvalue weighted by Crippen LogP contribution is -2.20. The van der Waals surface area contributed by atoms with E-state index >= 15 is 0 Å². The molecule has 0 heterocycles. The topological polar surface area (TPSA) is 263 Å². The zero-order valence-corrected chi connectivity index (χ0v) is 60.8. The van der Waals surface area contributed by atoms with Crippen molar-refractivity contribution in [1.82, 2.24) is 0 Å². The number of ether oxygens (including phenoxy) is 10. The largest absolute Gasteiger partial charge is 0.466 e. The third-order valence-corrected chi connectivity index (χ3v) is 13.5. The van der Waals surface area contributed by atoms with Crippen LogP contribution in [0.1, 0.15) is 230 Å². The van der Waals surface area contributed by atoms with E-state index in [1.165, 1.54) is 132 Å². The van der Waals surface area contributed by atoms with Crippen LogP contribution in [0.15, 0.2) is 122 Å². The van der Waals surface area contributed by atoms with Crippen molar-refractivity contribution in [3.8, 4) is 0 Å². The SMILES string of the molecule is C=C(C)C(=O)OC.C=C(C)C(=O)OC.C=C(C)C(=O)OC.C=C(C)C(=O)OC.C=C(C)C(=O)OC.C=C(C)C(=O)OC1CCCCC1.C=C(C)C(=O)OC1CCCCC1.C=C(C)C(=O)OC1CCCCC1.C=C(C)C(=O)OC1CCCCC1.C=C(C)C(=O)OC1CCCCC1. The molecule has 5 rings (SSSR count). The number of hydrogen-bond acceptors (Lipinski definition) is 20. The lowest BCUT2D eigenvalue weighted by molar-refractivity contribution is -0.146. The molecule has 0 amide bonds. The summed E-state index contributed by atoms with van der Waals surface area (Å²) < 4.78 is 47.4. The van der Waals surface area contributed by atoms with Gasteiger partial charge in [0.25, 0.3) is 0 Å². The van der Waals surface area contributed by atoms with Crippen molar-refractivity contribution in [1.29, 1.82) is 0 Å². The Morgan fingerprint density at radius 2 is 0.284 bits per heavy atom. The van der Waals surface area contributed by atoms with Crippen molar-refractivity contribution in [2.45, 2.75) is 260 Å². The highest BCUT2D eigenvalue weighted by Crippen LogP contribution is 2.25. The molecule has 0 spiro atoms. The van der Waals surface area contributed by atoms with Crippen LogP contribution in [0.3, 0.4) is 0 Å². The maximum absolute atomic E-state index is 11.1. The molecule has 0 atom stereocenters. The van der Waals surface area contributed by atoms with Gasteiger partial charge in [-0.2, -0.15) is 0 Å². The van der Waals surface area contributed by atoms with Crippen LogP contribution in [-0.4, -0.2) is 126 Å². The van der Waals surface area contributed by atoms with E-state index in [4.69, 9.17) is 23.7 Å². The molecule has 0 unspecified atom stereocenters. The first-order valence-corrected chi connectivity index (χ1v) is 32.4. The predicted molar refractivity (Wildman–Crippen MR) is 373 cm³/mol. The summed E-state index contributed by atoms with van der Waals surface area (Å²) in [5.41, 5.74) is 4.67. The van der Waals surface area contributed by atoms with Crippen LogP contribution in [0.2, 0.25) is 0 Å². The van der Waals surface area contributed by atoms with Crippen LogP contribution in [0.4, 0.5) is 0 Å². The van der Waals surface area contributed by atoms with Crippen LogP contribution < -0.4 is 0 Å². The highest BCUT2D eigenvalue weighted by molar-refractivity contribution is 5.90. The molecule has 5 aliphatic rings. The fourth-order valence-electron chi connectivity index (χ4n) is 8.05. The molecule has 0 bridgehead atoms. The Kier molecular flexibility index (Phi) is 60.3. The second-order valence-corrected chi connectivity index (χ2v) is 23.6. The highest BCUT2D eigenvalue weighted by Gasteiger charge is 2.22. The predicted octanol–water partition coefficient (Wildman–Crippen LogP) is 15.9. The summed E-state index contributed by atoms with van der Waals surface area (Å²) in [6, 6.07) is 0. The van der Waals surface area contributed by atoms with Gasteiger partial charge < -0.3 is 47.4 Å². The molecule has 0 N–H and O–H groups in total. The average molecular weight is 1340 g/mol. The van der Waals surface area contributed by atoms with E-state index < -0.39 is 0 Å². The number of rotatable bonds is 15. The molecular formula is C75H120O20. The Labute approximate surface area is 570 Å². The van der Waals surface area contributed by atoms with Gasteiger partial charge in [-0.25, -0.2) is 47.9 Å². The molecule has 540 valence electrons. The number of methoxy groups -OCH3 is 5. The quantitative estimate of drug-likeness (QED) is 0.0838. The van der Waals surface area contributed by atoms with Crippen molar-refractivity contribution in [2.24, 2.45) is 0 Å². The summed E-state index contributed by atoms with van der Waals surface area (Å²) in [5.74, 6) is -2.91. The minimum Gasteiger partial charge on any atom is -0.466 e. The van der Waals surface area contributed by atoms with Gasteiger partial charge in [0, 0.05) is 55.7 Å². The molecule has 0 saturated heterocycles. The van der Waals surface area contributed by atoms with Gasteiger partial charge in [-0.15, -0.1) is 0 Å². The normalized spacial score (nSPS) is 14.7. The molecule has 0 aromatic carbocycles. The third-order valence-electron chi connectivity index (χ3n) is 13.5. The fraction of sp³-hybridized carbons (Fsp3) is 0.600. The monoisotopic (exact) mass is 1340 g/mol. The van der Waals surface area contributed by atoms with Gasteiger partial charge >= 0.3 is 59.7 Å². The van der Waals surface area contributed by atoms with Gasteiger partial charge in [0.05, 0.1) is 35.5 Å². The smallest absolute Gasteiger partial charge is 0.333 e. The highest BCUT2D eigenvalue weighted by atomic mass is 16.6. The van der Waals surface area contributed by atoms with Gasteiger partial charge in [0.2, 0.25) is 0 Å². The van der Waals surface area contributed by atoms with Crippen molar-refractivity contribution < 1.29 is 95.3 Å². The van der Waals surface area contributed by atoms with E-state index in [-0.39, 0.29) is 90.2 Å². The van der Waals surface area contributed by atoms with Gasteiger partial charge in [0.1, 0.15) is 30.5 Å². The molecule has 0 aliphatic heterocycles. The van der Waals surface area contributed by atoms with Crippen LogP contribution in [0, 0.1) is 0 Å². The molecule has 0 aromatic heterocycles. The molecule has 20 heteroatoms. The first kappa shape index (κ1) is 95.8. The van der Waals surface area contributed by atoms with Gasteiger partial charge in [0.15, 0.2) is 0 Å². The van der Waals surface area contributed by atoms with Crippen molar-refractivity contribution >= 4 is 59.7 Å². The summed E-state index contributed by atoms with van der Waals surface area (Å²) >= 11 is 0. The molecule has 5 aliphatic carbocycles. The Morgan fingerprint density at radius 1 is 0.189 bits per heavy atom. The molecule has 0 aromatic rings. The van der Waals surface area contributed by atoms with Gasteiger partial charge in [-0.1, -0.05) is 97.9 Å². The van der Waals surface area contributed by atoms with Crippen molar-refractivity contribution in [2.75, 3.05) is 35.5 Å². The Morgan fingerprint density at radius 3 is 0.347 bits per heavy atom. The first-order valence-electron chi connectivity index (χ1n) is 32.4. The lowest BCUT2D eigenvalue weighted by atomic mass is 9.98. The molecule has 95 heavy (non-hydrogen) atoms. The van der Waals surface area contributed by atoms with Crippen molar-refractivity contribution in [3.63, 3.8) is 0 Å².